The monoisotopic (exact) mass is 1020 g/mol. The molecule has 14 aromatic rings. The molecule has 0 amide bonds. The minimum Gasteiger partial charge on any atom is -0.311 e. The maximum atomic E-state index is 2.41. The van der Waals surface area contributed by atoms with Crippen LogP contribution in [0.25, 0.3) is 54.2 Å². The van der Waals surface area contributed by atoms with Crippen LogP contribution in [-0.2, 0) is 0 Å². The Kier molecular flexibility index (Phi) is 12.6. The average molecular weight is 1020 g/mol. The lowest BCUT2D eigenvalue weighted by Crippen LogP contribution is -2.13. The minimum absolute atomic E-state index is 1.07. The predicted molar refractivity (Wildman–Crippen MR) is 341 cm³/mol. The fourth-order valence-corrected chi connectivity index (χ4v) is 11.6. The molecular weight excluding hydrogens is 969 g/mol. The molecule has 0 N–H and O–H groups in total. The molecule has 0 bridgehead atoms. The first-order valence-corrected chi connectivity index (χ1v) is 27.3. The summed E-state index contributed by atoms with van der Waals surface area (Å²) in [6, 6.07) is 118. The molecular formula is C76H54N4. The van der Waals surface area contributed by atoms with Crippen molar-refractivity contribution in [2.75, 3.05) is 19.6 Å². The van der Waals surface area contributed by atoms with Crippen molar-refractivity contribution in [2.24, 2.45) is 0 Å². The van der Waals surface area contributed by atoms with E-state index in [0.717, 1.165) is 79.4 Å². The second-order valence-corrected chi connectivity index (χ2v) is 20.1. The number of hydrogen-bond acceptors (Lipinski definition) is 4. The number of hydrogen-bond donors (Lipinski definition) is 0. The van der Waals surface area contributed by atoms with Gasteiger partial charge in [0.25, 0.3) is 0 Å². The Morgan fingerprint density at radius 2 is 0.338 bits per heavy atom. The van der Waals surface area contributed by atoms with E-state index in [9.17, 15) is 0 Å². The van der Waals surface area contributed by atoms with Gasteiger partial charge in [-0.05, 0) is 154 Å². The largest absolute Gasteiger partial charge is 0.311 e. The van der Waals surface area contributed by atoms with E-state index in [2.05, 4.69) is 347 Å². The van der Waals surface area contributed by atoms with E-state index in [4.69, 9.17) is 0 Å². The van der Waals surface area contributed by atoms with Crippen molar-refractivity contribution in [1.29, 1.82) is 0 Å². The van der Waals surface area contributed by atoms with Gasteiger partial charge in [0.15, 0.2) is 0 Å². The van der Waals surface area contributed by atoms with E-state index >= 15 is 0 Å². The van der Waals surface area contributed by atoms with E-state index in [1.54, 1.807) is 0 Å². The van der Waals surface area contributed by atoms with Gasteiger partial charge in [0.05, 0.1) is 22.7 Å². The Hall–Kier alpha value is -10.7. The summed E-state index contributed by atoms with van der Waals surface area (Å²) < 4.78 is 0. The summed E-state index contributed by atoms with van der Waals surface area (Å²) in [5.74, 6) is 0. The van der Waals surface area contributed by atoms with Gasteiger partial charge < -0.3 is 19.6 Å². The molecule has 0 heterocycles. The molecule has 4 nitrogen and oxygen atoms in total. The Morgan fingerprint density at radius 1 is 0.138 bits per heavy atom. The lowest BCUT2D eigenvalue weighted by molar-refractivity contribution is 1.26. The summed E-state index contributed by atoms with van der Waals surface area (Å²) in [5, 5.41) is 9.61. The van der Waals surface area contributed by atoms with Gasteiger partial charge >= 0.3 is 0 Å². The van der Waals surface area contributed by atoms with Crippen LogP contribution in [0.4, 0.5) is 68.2 Å². The van der Waals surface area contributed by atoms with E-state index in [0.29, 0.717) is 0 Å². The van der Waals surface area contributed by atoms with Crippen molar-refractivity contribution in [3.63, 3.8) is 0 Å². The van der Waals surface area contributed by atoms with Crippen molar-refractivity contribution >= 4 is 111 Å². The SMILES string of the molecule is c1ccc(N(c2ccc(-c3ccc(N(c4ccccc4)c4ccc(N(c5cccc6ccccc56)c5cccc6ccccc56)cc4)cc3)cc2)c2ccc(N(c3cccc4ccccc34)c3cccc4ccccc34)cc2)cc1. The molecule has 4 heteroatoms. The summed E-state index contributed by atoms with van der Waals surface area (Å²) in [4.78, 5) is 9.49. The molecule has 0 aliphatic rings. The molecule has 0 unspecified atom stereocenters. The molecule has 0 radical (unpaired) electrons. The van der Waals surface area contributed by atoms with Crippen LogP contribution in [0, 0.1) is 0 Å². The number of fused-ring (bicyclic) bond motifs is 4. The van der Waals surface area contributed by atoms with Gasteiger partial charge in [0, 0.05) is 67.0 Å². The summed E-state index contributed by atoms with van der Waals surface area (Å²) >= 11 is 0. The van der Waals surface area contributed by atoms with E-state index in [-0.39, 0.29) is 0 Å². The first-order chi connectivity index (χ1) is 39.7. The lowest BCUT2D eigenvalue weighted by atomic mass is 10.0. The Bertz CT molecular complexity index is 3990. The lowest BCUT2D eigenvalue weighted by Gasteiger charge is -2.30. The molecule has 0 saturated heterocycles. The summed E-state index contributed by atoms with van der Waals surface area (Å²) in [6.45, 7) is 0. The van der Waals surface area contributed by atoms with Crippen molar-refractivity contribution in [1.82, 2.24) is 0 Å². The molecule has 14 aromatic carbocycles. The van der Waals surface area contributed by atoms with Gasteiger partial charge in [-0.25, -0.2) is 0 Å². The highest BCUT2D eigenvalue weighted by Crippen LogP contribution is 2.46. The van der Waals surface area contributed by atoms with Crippen LogP contribution in [0.1, 0.15) is 0 Å². The highest BCUT2D eigenvalue weighted by atomic mass is 15.2. The molecule has 0 aromatic heterocycles. The number of nitrogens with zero attached hydrogens (tertiary/aromatic N) is 4. The molecule has 0 aliphatic carbocycles. The summed E-state index contributed by atoms with van der Waals surface area (Å²) in [5.41, 5.74) is 15.4. The van der Waals surface area contributed by atoms with Crippen LogP contribution in [0.3, 0.4) is 0 Å². The van der Waals surface area contributed by atoms with Crippen molar-refractivity contribution in [3.8, 4) is 11.1 Å². The van der Waals surface area contributed by atoms with Gasteiger partial charge in [-0.2, -0.15) is 0 Å². The number of anilines is 12. The van der Waals surface area contributed by atoms with Crippen LogP contribution >= 0.6 is 0 Å². The Morgan fingerprint density at radius 3 is 0.613 bits per heavy atom. The average Bonchev–Trinajstić information content (AvgIpc) is 3.54. The smallest absolute Gasteiger partial charge is 0.0540 e. The second-order valence-electron chi connectivity index (χ2n) is 20.1. The number of benzene rings is 14. The van der Waals surface area contributed by atoms with E-state index < -0.39 is 0 Å². The van der Waals surface area contributed by atoms with Gasteiger partial charge in [-0.3, -0.25) is 0 Å². The molecule has 0 atom stereocenters. The van der Waals surface area contributed by atoms with Crippen LogP contribution < -0.4 is 19.6 Å². The van der Waals surface area contributed by atoms with Crippen LogP contribution in [0.5, 0.6) is 0 Å². The summed E-state index contributed by atoms with van der Waals surface area (Å²) in [6.07, 6.45) is 0. The topological polar surface area (TPSA) is 13.0 Å². The van der Waals surface area contributed by atoms with Gasteiger partial charge in [0.2, 0.25) is 0 Å². The quantitative estimate of drug-likeness (QED) is 0.114. The first kappa shape index (κ1) is 47.7. The third-order valence-corrected chi connectivity index (χ3v) is 15.4. The van der Waals surface area contributed by atoms with E-state index in [1.165, 1.54) is 43.1 Å². The number of para-hydroxylation sites is 2. The Balaban J connectivity index is 0.782. The zero-order valence-corrected chi connectivity index (χ0v) is 44.0. The highest BCUT2D eigenvalue weighted by Gasteiger charge is 2.22. The van der Waals surface area contributed by atoms with Gasteiger partial charge in [-0.15, -0.1) is 0 Å². The van der Waals surface area contributed by atoms with Gasteiger partial charge in [0.1, 0.15) is 0 Å². The van der Waals surface area contributed by atoms with Crippen LogP contribution in [-0.4, -0.2) is 0 Å². The maximum Gasteiger partial charge on any atom is 0.0540 e. The zero-order chi connectivity index (χ0) is 53.2. The molecule has 378 valence electrons. The third-order valence-electron chi connectivity index (χ3n) is 15.4. The molecule has 0 saturated carbocycles. The molecule has 0 aliphatic heterocycles. The molecule has 0 fully saturated rings. The van der Waals surface area contributed by atoms with Crippen molar-refractivity contribution in [3.05, 3.63) is 328 Å². The normalized spacial score (nSPS) is 11.2. The van der Waals surface area contributed by atoms with E-state index in [1.807, 2.05) is 0 Å². The Labute approximate surface area is 467 Å². The number of rotatable bonds is 13. The predicted octanol–water partition coefficient (Wildman–Crippen LogP) is 21.8. The minimum atomic E-state index is 1.07. The molecule has 0 spiro atoms. The maximum absolute atomic E-state index is 2.41. The molecule has 14 rings (SSSR count). The van der Waals surface area contributed by atoms with Gasteiger partial charge in [-0.1, -0.05) is 206 Å². The fraction of sp³-hybridized carbons (Fsp3) is 0. The van der Waals surface area contributed by atoms with Crippen molar-refractivity contribution < 1.29 is 0 Å². The second kappa shape index (κ2) is 21.0. The fourth-order valence-electron chi connectivity index (χ4n) is 11.6. The van der Waals surface area contributed by atoms with Crippen LogP contribution in [0.15, 0.2) is 328 Å². The highest BCUT2D eigenvalue weighted by molar-refractivity contribution is 6.06. The van der Waals surface area contributed by atoms with Crippen molar-refractivity contribution in [2.45, 2.75) is 0 Å². The summed E-state index contributed by atoms with van der Waals surface area (Å²) in [7, 11) is 0. The van der Waals surface area contributed by atoms with Crippen LogP contribution in [0.2, 0.25) is 0 Å². The zero-order valence-electron chi connectivity index (χ0n) is 44.0. The first-order valence-electron chi connectivity index (χ1n) is 27.3. The third kappa shape index (κ3) is 9.01. The standard InChI is InChI=1S/C76H54N4/c1-3-27-61(28-4-1)77(65-47-51-67(52-48-65)79(73-35-15-23-57-19-7-11-31-69(57)73)74-36-16-24-58-20-8-12-32-70(58)74)63-43-39-55(40-44-63)56-41-45-64(46-42-56)78(62-29-5-2-6-30-62)66-49-53-68(54-50-66)80(75-37-17-25-59-21-9-13-33-71(59)75)76-38-18-26-60-22-10-14-34-72(60)76/h1-54H. The molecule has 80 heavy (non-hydrogen) atoms.